The van der Waals surface area contributed by atoms with Crippen LogP contribution >= 0.6 is 0 Å². The Morgan fingerprint density at radius 1 is 1.26 bits per heavy atom. The van der Waals surface area contributed by atoms with E-state index in [1.807, 2.05) is 53.1 Å². The molecule has 0 aliphatic carbocycles. The molecule has 140 valence electrons. The number of nitrogens with zero attached hydrogens (tertiary/aromatic N) is 2. The van der Waals surface area contributed by atoms with Gasteiger partial charge in [-0.05, 0) is 68.2 Å². The van der Waals surface area contributed by atoms with Crippen molar-refractivity contribution >= 4 is 22.9 Å². The predicted octanol–water partition coefficient (Wildman–Crippen LogP) is 3.36. The van der Waals surface area contributed by atoms with Crippen LogP contribution in [-0.4, -0.2) is 35.7 Å². The molecule has 2 aromatic carbocycles. The molecule has 2 N–H and O–H groups in total. The number of hydrogen-bond acceptors (Lipinski definition) is 4. The molecule has 1 atom stereocenters. The molecular formula is C21H24N4O2. The average Bonchev–Trinajstić information content (AvgIpc) is 3.34. The first-order valence-corrected chi connectivity index (χ1v) is 9.37. The van der Waals surface area contributed by atoms with Crippen molar-refractivity contribution in [3.63, 3.8) is 0 Å². The normalized spacial score (nSPS) is 16.6. The molecular weight excluding hydrogens is 340 g/mol. The van der Waals surface area contributed by atoms with Gasteiger partial charge in [0.2, 0.25) is 11.9 Å². The van der Waals surface area contributed by atoms with Gasteiger partial charge in [-0.1, -0.05) is 12.1 Å². The molecule has 1 fully saturated rings. The molecule has 3 aromatic rings. The average molecular weight is 364 g/mol. The molecule has 0 bridgehead atoms. The fraction of sp³-hybridized carbons (Fsp3) is 0.333. The first kappa shape index (κ1) is 17.5. The maximum absolute atomic E-state index is 12.5. The first-order chi connectivity index (χ1) is 13.2. The van der Waals surface area contributed by atoms with Gasteiger partial charge in [0.1, 0.15) is 5.75 Å². The third-order valence-electron chi connectivity index (χ3n) is 5.08. The number of ether oxygens (including phenoxy) is 1. The Labute approximate surface area is 158 Å². The fourth-order valence-corrected chi connectivity index (χ4v) is 3.59. The van der Waals surface area contributed by atoms with E-state index in [0.717, 1.165) is 48.4 Å². The van der Waals surface area contributed by atoms with E-state index in [2.05, 4.69) is 15.6 Å². The van der Waals surface area contributed by atoms with E-state index in [0.29, 0.717) is 18.3 Å². The van der Waals surface area contributed by atoms with Crippen molar-refractivity contribution in [2.75, 3.05) is 25.5 Å². The number of aromatic nitrogens is 2. The van der Waals surface area contributed by atoms with Crippen LogP contribution in [-0.2, 0) is 4.79 Å². The number of imidazole rings is 1. The highest BCUT2D eigenvalue weighted by Gasteiger charge is 2.18. The van der Waals surface area contributed by atoms with Gasteiger partial charge in [-0.2, -0.15) is 0 Å². The summed E-state index contributed by atoms with van der Waals surface area (Å²) in [6.45, 7) is 2.07. The molecule has 4 rings (SSSR count). The summed E-state index contributed by atoms with van der Waals surface area (Å²) in [5.41, 5.74) is 2.74. The minimum atomic E-state index is 0.00645. The number of hydrogen-bond donors (Lipinski definition) is 2. The largest absolute Gasteiger partial charge is 0.497 e. The third-order valence-corrected chi connectivity index (χ3v) is 5.08. The van der Waals surface area contributed by atoms with Crippen LogP contribution in [0.2, 0.25) is 0 Å². The van der Waals surface area contributed by atoms with Gasteiger partial charge in [-0.15, -0.1) is 0 Å². The predicted molar refractivity (Wildman–Crippen MR) is 106 cm³/mol. The van der Waals surface area contributed by atoms with Gasteiger partial charge in [-0.25, -0.2) is 4.98 Å². The lowest BCUT2D eigenvalue weighted by Gasteiger charge is -2.12. The van der Waals surface area contributed by atoms with Crippen molar-refractivity contribution < 1.29 is 9.53 Å². The van der Waals surface area contributed by atoms with E-state index >= 15 is 0 Å². The summed E-state index contributed by atoms with van der Waals surface area (Å²) in [4.78, 5) is 17.2. The molecule has 1 aliphatic heterocycles. The number of fused-ring (bicyclic) bond motifs is 1. The van der Waals surface area contributed by atoms with Crippen molar-refractivity contribution in [2.24, 2.45) is 5.92 Å². The molecule has 6 heteroatoms. The zero-order valence-corrected chi connectivity index (χ0v) is 15.4. The van der Waals surface area contributed by atoms with Crippen LogP contribution in [0.25, 0.3) is 16.7 Å². The molecule has 1 unspecified atom stereocenters. The molecule has 0 spiro atoms. The number of amides is 1. The standard InChI is InChI=1S/C21H24N4O2/c1-27-17-9-7-16(8-10-17)25-19-5-3-2-4-18(19)23-21(25)24-20(26)11-6-15-12-13-22-14-15/h2-5,7-10,15,22H,6,11-14H2,1H3,(H,23,24,26). The second kappa shape index (κ2) is 7.80. The van der Waals surface area contributed by atoms with E-state index in [4.69, 9.17) is 4.74 Å². The number of para-hydroxylation sites is 2. The topological polar surface area (TPSA) is 68.2 Å². The minimum absolute atomic E-state index is 0.00645. The van der Waals surface area contributed by atoms with E-state index < -0.39 is 0 Å². The van der Waals surface area contributed by atoms with Gasteiger partial charge in [0.25, 0.3) is 0 Å². The molecule has 0 saturated carbocycles. The Morgan fingerprint density at radius 3 is 2.81 bits per heavy atom. The maximum Gasteiger partial charge on any atom is 0.226 e. The van der Waals surface area contributed by atoms with E-state index in [9.17, 15) is 4.79 Å². The fourth-order valence-electron chi connectivity index (χ4n) is 3.59. The van der Waals surface area contributed by atoms with Crippen molar-refractivity contribution in [1.29, 1.82) is 0 Å². The number of carbonyl (C=O) groups is 1. The Kier molecular flexibility index (Phi) is 5.07. The summed E-state index contributed by atoms with van der Waals surface area (Å²) in [5, 5.41) is 6.36. The smallest absolute Gasteiger partial charge is 0.226 e. The molecule has 1 saturated heterocycles. The SMILES string of the molecule is COc1ccc(-n2c(NC(=O)CCC3CCNC3)nc3ccccc32)cc1. The lowest BCUT2D eigenvalue weighted by atomic mass is 10.0. The van der Waals surface area contributed by atoms with E-state index in [1.165, 1.54) is 0 Å². The summed E-state index contributed by atoms with van der Waals surface area (Å²) < 4.78 is 7.23. The summed E-state index contributed by atoms with van der Waals surface area (Å²) in [7, 11) is 1.65. The molecule has 0 radical (unpaired) electrons. The molecule has 1 aromatic heterocycles. The summed E-state index contributed by atoms with van der Waals surface area (Å²) in [6, 6.07) is 15.6. The highest BCUT2D eigenvalue weighted by Crippen LogP contribution is 2.26. The van der Waals surface area contributed by atoms with Gasteiger partial charge >= 0.3 is 0 Å². The molecule has 27 heavy (non-hydrogen) atoms. The zero-order valence-electron chi connectivity index (χ0n) is 15.4. The van der Waals surface area contributed by atoms with Crippen molar-refractivity contribution in [1.82, 2.24) is 14.9 Å². The maximum atomic E-state index is 12.5. The van der Waals surface area contributed by atoms with Gasteiger partial charge < -0.3 is 10.1 Å². The van der Waals surface area contributed by atoms with Crippen LogP contribution in [0.1, 0.15) is 19.3 Å². The highest BCUT2D eigenvalue weighted by atomic mass is 16.5. The van der Waals surface area contributed by atoms with Crippen molar-refractivity contribution in [2.45, 2.75) is 19.3 Å². The number of rotatable bonds is 6. The molecule has 1 amide bonds. The monoisotopic (exact) mass is 364 g/mol. The van der Waals surface area contributed by atoms with Crippen molar-refractivity contribution in [3.8, 4) is 11.4 Å². The first-order valence-electron chi connectivity index (χ1n) is 9.37. The Balaban J connectivity index is 1.60. The minimum Gasteiger partial charge on any atom is -0.497 e. The molecule has 1 aliphatic rings. The van der Waals surface area contributed by atoms with Gasteiger partial charge in [0.15, 0.2) is 0 Å². The van der Waals surface area contributed by atoms with Gasteiger partial charge in [-0.3, -0.25) is 14.7 Å². The van der Waals surface area contributed by atoms with E-state index in [1.54, 1.807) is 7.11 Å². The van der Waals surface area contributed by atoms with Crippen LogP contribution < -0.4 is 15.4 Å². The number of carbonyl (C=O) groups excluding carboxylic acids is 1. The lowest BCUT2D eigenvalue weighted by Crippen LogP contribution is -2.17. The third kappa shape index (κ3) is 3.80. The molecule has 6 nitrogen and oxygen atoms in total. The zero-order chi connectivity index (χ0) is 18.6. The highest BCUT2D eigenvalue weighted by molar-refractivity contribution is 5.92. The number of anilines is 1. The van der Waals surface area contributed by atoms with Crippen molar-refractivity contribution in [3.05, 3.63) is 48.5 Å². The number of methoxy groups -OCH3 is 1. The van der Waals surface area contributed by atoms with Crippen LogP contribution in [0.4, 0.5) is 5.95 Å². The second-order valence-corrected chi connectivity index (χ2v) is 6.90. The van der Waals surface area contributed by atoms with Crippen LogP contribution in [0.15, 0.2) is 48.5 Å². The van der Waals surface area contributed by atoms with Crippen LogP contribution in [0.5, 0.6) is 5.75 Å². The Morgan fingerprint density at radius 2 is 2.07 bits per heavy atom. The summed E-state index contributed by atoms with van der Waals surface area (Å²) in [6.07, 6.45) is 2.57. The summed E-state index contributed by atoms with van der Waals surface area (Å²) >= 11 is 0. The quantitative estimate of drug-likeness (QED) is 0.704. The number of benzene rings is 2. The molecule has 2 heterocycles. The Hall–Kier alpha value is -2.86. The second-order valence-electron chi connectivity index (χ2n) is 6.90. The number of nitrogens with one attached hydrogen (secondary N) is 2. The van der Waals surface area contributed by atoms with Crippen LogP contribution in [0, 0.1) is 5.92 Å². The van der Waals surface area contributed by atoms with Gasteiger partial charge in [0.05, 0.1) is 18.1 Å². The Bertz CT molecular complexity index is 927. The summed E-state index contributed by atoms with van der Waals surface area (Å²) in [5.74, 6) is 1.94. The van der Waals surface area contributed by atoms with Crippen LogP contribution in [0.3, 0.4) is 0 Å². The van der Waals surface area contributed by atoms with Gasteiger partial charge in [0, 0.05) is 12.1 Å². The lowest BCUT2D eigenvalue weighted by molar-refractivity contribution is -0.116. The van der Waals surface area contributed by atoms with E-state index in [-0.39, 0.29) is 5.91 Å².